The minimum absolute atomic E-state index is 0.108. The molecule has 0 saturated heterocycles. The van der Waals surface area contributed by atoms with Crippen LogP contribution >= 0.6 is 0 Å². The second-order valence-corrected chi connectivity index (χ2v) is 7.65. The molecule has 1 atom stereocenters. The van der Waals surface area contributed by atoms with Crippen LogP contribution < -0.4 is 25.6 Å². The number of ether oxygens (including phenoxy) is 1. The van der Waals surface area contributed by atoms with E-state index in [0.717, 1.165) is 36.5 Å². The van der Waals surface area contributed by atoms with E-state index in [9.17, 15) is 4.79 Å². The maximum Gasteiger partial charge on any atom is 0.249 e. The van der Waals surface area contributed by atoms with E-state index in [2.05, 4.69) is 22.1 Å². The summed E-state index contributed by atoms with van der Waals surface area (Å²) in [5, 5.41) is 3.24. The summed E-state index contributed by atoms with van der Waals surface area (Å²) in [4.78, 5) is 26.2. The van der Waals surface area contributed by atoms with Crippen molar-refractivity contribution in [3.05, 3.63) is 24.4 Å². The molecule has 2 aliphatic rings. The molecule has 1 amide bonds. The number of methoxy groups -OCH3 is 1. The van der Waals surface area contributed by atoms with E-state index in [0.29, 0.717) is 23.4 Å². The molecular formula is C21H28N6O2. The van der Waals surface area contributed by atoms with E-state index >= 15 is 0 Å². The van der Waals surface area contributed by atoms with E-state index in [1.165, 1.54) is 12.8 Å². The molecule has 0 bridgehead atoms. The van der Waals surface area contributed by atoms with E-state index in [4.69, 9.17) is 15.5 Å². The monoisotopic (exact) mass is 396 g/mol. The number of amides is 1. The number of rotatable bonds is 5. The lowest BCUT2D eigenvalue weighted by atomic mass is 10.0. The Kier molecular flexibility index (Phi) is 5.17. The van der Waals surface area contributed by atoms with Gasteiger partial charge in [-0.15, -0.1) is 0 Å². The number of hydrogen-bond acceptors (Lipinski definition) is 7. The van der Waals surface area contributed by atoms with Gasteiger partial charge in [-0.3, -0.25) is 4.79 Å². The van der Waals surface area contributed by atoms with Crippen molar-refractivity contribution in [3.8, 4) is 5.75 Å². The Morgan fingerprint density at radius 3 is 2.76 bits per heavy atom. The Morgan fingerprint density at radius 2 is 2.07 bits per heavy atom. The van der Waals surface area contributed by atoms with Gasteiger partial charge in [-0.05, 0) is 31.4 Å². The largest absolute Gasteiger partial charge is 0.494 e. The number of nitrogen functional groups attached to an aromatic ring is 1. The van der Waals surface area contributed by atoms with Gasteiger partial charge in [0.25, 0.3) is 0 Å². The molecule has 1 saturated carbocycles. The zero-order valence-electron chi connectivity index (χ0n) is 17.2. The molecule has 2 heterocycles. The SMILES string of the molecule is CC[C@@H]1C(=O)N(C)c2cnc(Nc3ccc(N)cc3OC)nc2N1C1CCCC1. The molecule has 8 heteroatoms. The number of benzene rings is 1. The van der Waals surface area contributed by atoms with Crippen LogP contribution in [0.1, 0.15) is 39.0 Å². The second kappa shape index (κ2) is 7.77. The van der Waals surface area contributed by atoms with Crippen molar-refractivity contribution < 1.29 is 9.53 Å². The van der Waals surface area contributed by atoms with Crippen molar-refractivity contribution in [2.45, 2.75) is 51.1 Å². The maximum absolute atomic E-state index is 13.0. The Balaban J connectivity index is 1.74. The smallest absolute Gasteiger partial charge is 0.249 e. The summed E-state index contributed by atoms with van der Waals surface area (Å²) < 4.78 is 5.42. The molecule has 1 aromatic heterocycles. The summed E-state index contributed by atoms with van der Waals surface area (Å²) in [7, 11) is 3.40. The average molecular weight is 396 g/mol. The highest BCUT2D eigenvalue weighted by molar-refractivity contribution is 6.04. The fourth-order valence-corrected chi connectivity index (χ4v) is 4.37. The van der Waals surface area contributed by atoms with Crippen molar-refractivity contribution >= 4 is 34.7 Å². The summed E-state index contributed by atoms with van der Waals surface area (Å²) in [6.07, 6.45) is 7.03. The lowest BCUT2D eigenvalue weighted by Crippen LogP contribution is -2.55. The molecule has 0 spiro atoms. The molecule has 0 unspecified atom stereocenters. The van der Waals surface area contributed by atoms with Gasteiger partial charge in [0.05, 0.1) is 19.0 Å². The van der Waals surface area contributed by atoms with Gasteiger partial charge in [0.15, 0.2) is 5.82 Å². The predicted molar refractivity (Wildman–Crippen MR) is 115 cm³/mol. The molecule has 154 valence electrons. The molecule has 1 aliphatic heterocycles. The van der Waals surface area contributed by atoms with E-state index in [-0.39, 0.29) is 11.9 Å². The van der Waals surface area contributed by atoms with Gasteiger partial charge in [-0.2, -0.15) is 4.98 Å². The lowest BCUT2D eigenvalue weighted by Gasteiger charge is -2.43. The van der Waals surface area contributed by atoms with Crippen LogP contribution in [0, 0.1) is 0 Å². The number of nitrogens with two attached hydrogens (primary N) is 1. The van der Waals surface area contributed by atoms with Gasteiger partial charge < -0.3 is 25.6 Å². The highest BCUT2D eigenvalue weighted by atomic mass is 16.5. The predicted octanol–water partition coefficient (Wildman–Crippen LogP) is 3.32. The number of carbonyl (C=O) groups is 1. The third-order valence-corrected chi connectivity index (χ3v) is 5.88. The maximum atomic E-state index is 13.0. The summed E-state index contributed by atoms with van der Waals surface area (Å²) >= 11 is 0. The number of nitrogens with zero attached hydrogens (tertiary/aromatic N) is 4. The zero-order valence-corrected chi connectivity index (χ0v) is 17.2. The first-order chi connectivity index (χ1) is 14.0. The first kappa shape index (κ1) is 19.3. The quantitative estimate of drug-likeness (QED) is 0.748. The fourth-order valence-electron chi connectivity index (χ4n) is 4.37. The normalized spacial score (nSPS) is 19.4. The molecule has 4 rings (SSSR count). The Labute approximate surface area is 171 Å². The van der Waals surface area contributed by atoms with Gasteiger partial charge in [0, 0.05) is 24.8 Å². The minimum Gasteiger partial charge on any atom is -0.494 e. The van der Waals surface area contributed by atoms with Crippen LogP contribution in [-0.4, -0.2) is 42.1 Å². The summed E-state index contributed by atoms with van der Waals surface area (Å²) in [6, 6.07) is 5.55. The lowest BCUT2D eigenvalue weighted by molar-refractivity contribution is -0.120. The van der Waals surface area contributed by atoms with Crippen molar-refractivity contribution in [2.24, 2.45) is 0 Å². The summed E-state index contributed by atoms with van der Waals surface area (Å²) in [5.41, 5.74) is 7.96. The number of nitrogens with one attached hydrogen (secondary N) is 1. The average Bonchev–Trinajstić information content (AvgIpc) is 3.26. The van der Waals surface area contributed by atoms with Crippen LogP contribution in [0.3, 0.4) is 0 Å². The van der Waals surface area contributed by atoms with Crippen molar-refractivity contribution in [2.75, 3.05) is 35.0 Å². The number of likely N-dealkylation sites (N-methyl/N-ethyl adjacent to an activating group) is 1. The van der Waals surface area contributed by atoms with Gasteiger partial charge in [-0.1, -0.05) is 19.8 Å². The topological polar surface area (TPSA) is 96.6 Å². The molecule has 8 nitrogen and oxygen atoms in total. The van der Waals surface area contributed by atoms with Crippen molar-refractivity contribution in [1.29, 1.82) is 0 Å². The van der Waals surface area contributed by atoms with Crippen LogP contribution in [0.15, 0.2) is 24.4 Å². The van der Waals surface area contributed by atoms with E-state index in [1.807, 2.05) is 6.07 Å². The van der Waals surface area contributed by atoms with Crippen LogP contribution in [0.25, 0.3) is 0 Å². The fraction of sp³-hybridized carbons (Fsp3) is 0.476. The van der Waals surface area contributed by atoms with Crippen molar-refractivity contribution in [1.82, 2.24) is 9.97 Å². The molecular weight excluding hydrogens is 368 g/mol. The van der Waals surface area contributed by atoms with Gasteiger partial charge in [-0.25, -0.2) is 4.98 Å². The third-order valence-electron chi connectivity index (χ3n) is 5.88. The molecule has 1 aromatic carbocycles. The first-order valence-electron chi connectivity index (χ1n) is 10.2. The molecule has 2 aromatic rings. The number of fused-ring (bicyclic) bond motifs is 1. The minimum atomic E-state index is -0.190. The van der Waals surface area contributed by atoms with E-state index in [1.54, 1.807) is 37.4 Å². The second-order valence-electron chi connectivity index (χ2n) is 7.65. The Hall–Kier alpha value is -3.03. The highest BCUT2D eigenvalue weighted by Gasteiger charge is 2.41. The van der Waals surface area contributed by atoms with Crippen LogP contribution in [-0.2, 0) is 4.79 Å². The summed E-state index contributed by atoms with van der Waals surface area (Å²) in [5.74, 6) is 2.01. The third kappa shape index (κ3) is 3.43. The number of aromatic nitrogens is 2. The van der Waals surface area contributed by atoms with E-state index < -0.39 is 0 Å². The van der Waals surface area contributed by atoms with Crippen LogP contribution in [0.4, 0.5) is 28.8 Å². The van der Waals surface area contributed by atoms with Gasteiger partial charge in [0.1, 0.15) is 17.5 Å². The zero-order chi connectivity index (χ0) is 20.5. The molecule has 0 radical (unpaired) electrons. The standard InChI is InChI=1S/C21H28N6O2/c1-4-16-20(28)26(2)17-12-23-21(24-15-10-9-13(22)11-18(15)29-3)25-19(17)27(16)14-7-5-6-8-14/h9-12,14,16H,4-8,22H2,1-3H3,(H,23,24,25)/t16-/m1/s1. The van der Waals surface area contributed by atoms with Crippen LogP contribution in [0.5, 0.6) is 5.75 Å². The number of anilines is 5. The van der Waals surface area contributed by atoms with Crippen molar-refractivity contribution in [3.63, 3.8) is 0 Å². The van der Waals surface area contributed by atoms with Gasteiger partial charge >= 0.3 is 0 Å². The van der Waals surface area contributed by atoms with Gasteiger partial charge in [0.2, 0.25) is 11.9 Å². The Bertz CT molecular complexity index is 912. The summed E-state index contributed by atoms with van der Waals surface area (Å²) in [6.45, 7) is 2.06. The number of hydrogen-bond donors (Lipinski definition) is 2. The first-order valence-corrected chi connectivity index (χ1v) is 10.2. The molecule has 3 N–H and O–H groups in total. The Morgan fingerprint density at radius 1 is 1.31 bits per heavy atom. The number of carbonyl (C=O) groups excluding carboxylic acids is 1. The molecule has 29 heavy (non-hydrogen) atoms. The molecule has 1 fully saturated rings. The molecule has 1 aliphatic carbocycles. The van der Waals surface area contributed by atoms with Crippen LogP contribution in [0.2, 0.25) is 0 Å². The highest BCUT2D eigenvalue weighted by Crippen LogP contribution is 2.40.